The maximum absolute atomic E-state index is 12.8. The highest BCUT2D eigenvalue weighted by molar-refractivity contribution is 5.90. The van der Waals surface area contributed by atoms with Gasteiger partial charge in [-0.2, -0.15) is 18.4 Å². The molecule has 0 radical (unpaired) electrons. The molecule has 1 aliphatic heterocycles. The average Bonchev–Trinajstić information content (AvgIpc) is 3.20. The third-order valence-corrected chi connectivity index (χ3v) is 5.60. The highest BCUT2D eigenvalue weighted by Gasteiger charge is 2.33. The first-order valence-electron chi connectivity index (χ1n) is 10.1. The normalized spacial score (nSPS) is 15.9. The van der Waals surface area contributed by atoms with E-state index < -0.39 is 23.8 Å². The van der Waals surface area contributed by atoms with Crippen molar-refractivity contribution < 1.29 is 27.8 Å². The van der Waals surface area contributed by atoms with Crippen molar-refractivity contribution in [1.82, 2.24) is 14.9 Å². The third kappa shape index (κ3) is 4.70. The highest BCUT2D eigenvalue weighted by atomic mass is 19.4. The maximum atomic E-state index is 12.8. The largest absolute Gasteiger partial charge is 0.480 e. The smallest absolute Gasteiger partial charge is 0.417 e. The summed E-state index contributed by atoms with van der Waals surface area (Å²) in [4.78, 5) is 22.9. The van der Waals surface area contributed by atoms with Crippen LogP contribution in [0.25, 0.3) is 10.9 Å². The van der Waals surface area contributed by atoms with Gasteiger partial charge in [-0.15, -0.1) is 0 Å². The van der Waals surface area contributed by atoms with Crippen LogP contribution in [0.3, 0.4) is 0 Å². The van der Waals surface area contributed by atoms with Crippen molar-refractivity contribution in [2.75, 3.05) is 37.7 Å². The van der Waals surface area contributed by atoms with E-state index in [4.69, 9.17) is 10.00 Å². The van der Waals surface area contributed by atoms with Gasteiger partial charge >= 0.3 is 12.1 Å². The van der Waals surface area contributed by atoms with Crippen LogP contribution < -0.4 is 9.64 Å². The van der Waals surface area contributed by atoms with E-state index in [2.05, 4.69) is 9.97 Å². The number of nitrogens with zero attached hydrogens (tertiary/aromatic N) is 4. The summed E-state index contributed by atoms with van der Waals surface area (Å²) in [5, 5.41) is 19.4. The lowest BCUT2D eigenvalue weighted by molar-refractivity contribution is -0.143. The van der Waals surface area contributed by atoms with Gasteiger partial charge in [-0.1, -0.05) is 0 Å². The quantitative estimate of drug-likeness (QED) is 0.582. The summed E-state index contributed by atoms with van der Waals surface area (Å²) >= 11 is 0. The van der Waals surface area contributed by atoms with Crippen molar-refractivity contribution in [3.05, 3.63) is 53.9 Å². The van der Waals surface area contributed by atoms with Gasteiger partial charge < -0.3 is 19.7 Å². The van der Waals surface area contributed by atoms with E-state index in [1.807, 2.05) is 15.9 Å². The van der Waals surface area contributed by atoms with Gasteiger partial charge in [-0.05, 0) is 30.3 Å². The molecule has 0 saturated carbocycles. The number of alkyl halides is 3. The number of benzene rings is 1. The van der Waals surface area contributed by atoms with E-state index in [0.29, 0.717) is 48.7 Å². The van der Waals surface area contributed by atoms with E-state index in [0.717, 1.165) is 17.8 Å². The summed E-state index contributed by atoms with van der Waals surface area (Å²) in [5.74, 6) is -0.131. The topological polar surface area (TPSA) is 105 Å². The number of anilines is 1. The molecule has 0 amide bonds. The predicted molar refractivity (Wildman–Crippen MR) is 113 cm³/mol. The van der Waals surface area contributed by atoms with Crippen LogP contribution in [0.1, 0.15) is 17.2 Å². The van der Waals surface area contributed by atoms with Crippen LogP contribution in [0.15, 0.2) is 42.7 Å². The standard InChI is InChI=1S/C22H20F3N5O3/c23-22(24,25)14-1-4-19(28-12-14)29-6-8-30(9-7-29)20(21(31)32)17-13-27-18-3-2-15(11-16(17)18)33-10-5-26/h1-4,11-13,20,27H,6-10H2,(H,31,32)/t20-/m0/s1. The molecular formula is C22H20F3N5O3. The van der Waals surface area contributed by atoms with Gasteiger partial charge in [0.25, 0.3) is 0 Å². The minimum absolute atomic E-state index is 0.117. The van der Waals surface area contributed by atoms with Crippen molar-refractivity contribution in [2.45, 2.75) is 12.2 Å². The molecule has 11 heteroatoms. The Morgan fingerprint density at radius 3 is 2.61 bits per heavy atom. The number of pyridine rings is 1. The average molecular weight is 459 g/mol. The SMILES string of the molecule is N#CCOc1ccc2[nH]cc([C@@H](C(=O)O)N3CCN(c4ccc(C(F)(F)F)cn4)CC3)c2c1. The number of H-pyrrole nitrogens is 1. The number of fused-ring (bicyclic) bond motifs is 1. The fourth-order valence-electron chi connectivity index (χ4n) is 3.99. The molecule has 3 heterocycles. The molecule has 4 rings (SSSR count). The zero-order valence-electron chi connectivity index (χ0n) is 17.3. The van der Waals surface area contributed by atoms with Crippen molar-refractivity contribution in [3.8, 4) is 11.8 Å². The van der Waals surface area contributed by atoms with Crippen LogP contribution in [-0.2, 0) is 11.0 Å². The molecule has 1 aliphatic rings. The van der Waals surface area contributed by atoms with E-state index >= 15 is 0 Å². The molecular weight excluding hydrogens is 439 g/mol. The van der Waals surface area contributed by atoms with Gasteiger partial charge in [0.1, 0.15) is 23.7 Å². The molecule has 0 unspecified atom stereocenters. The summed E-state index contributed by atoms with van der Waals surface area (Å²) in [7, 11) is 0. The van der Waals surface area contributed by atoms with E-state index in [1.165, 1.54) is 6.07 Å². The number of piperazine rings is 1. The number of ether oxygens (including phenoxy) is 1. The third-order valence-electron chi connectivity index (χ3n) is 5.60. The molecule has 1 fully saturated rings. The Bertz CT molecular complexity index is 1180. The first-order chi connectivity index (χ1) is 15.8. The van der Waals surface area contributed by atoms with Crippen molar-refractivity contribution in [3.63, 3.8) is 0 Å². The Balaban J connectivity index is 1.51. The molecule has 2 aromatic heterocycles. The second-order valence-corrected chi connectivity index (χ2v) is 7.56. The fourth-order valence-corrected chi connectivity index (χ4v) is 3.99. The first kappa shape index (κ1) is 22.4. The zero-order chi connectivity index (χ0) is 23.6. The van der Waals surface area contributed by atoms with E-state index in [-0.39, 0.29) is 6.61 Å². The molecule has 1 aromatic carbocycles. The molecule has 0 aliphatic carbocycles. The minimum atomic E-state index is -4.45. The summed E-state index contributed by atoms with van der Waals surface area (Å²) in [6.45, 7) is 1.49. The maximum Gasteiger partial charge on any atom is 0.417 e. The number of nitrogens with one attached hydrogen (secondary N) is 1. The number of nitriles is 1. The van der Waals surface area contributed by atoms with Gasteiger partial charge in [-0.3, -0.25) is 9.69 Å². The van der Waals surface area contributed by atoms with Gasteiger partial charge in [0.15, 0.2) is 6.61 Å². The number of aromatic nitrogens is 2. The Hall–Kier alpha value is -3.78. The number of halogens is 3. The van der Waals surface area contributed by atoms with Crippen LogP contribution in [-0.4, -0.2) is 58.7 Å². The molecule has 8 nitrogen and oxygen atoms in total. The number of hydrogen-bond donors (Lipinski definition) is 2. The van der Waals surface area contributed by atoms with Crippen LogP contribution in [0.4, 0.5) is 19.0 Å². The predicted octanol–water partition coefficient (Wildman–Crippen LogP) is 3.43. The number of aliphatic carboxylic acids is 1. The first-order valence-corrected chi connectivity index (χ1v) is 10.1. The summed E-state index contributed by atoms with van der Waals surface area (Å²) in [6, 6.07) is 8.46. The lowest BCUT2D eigenvalue weighted by Crippen LogP contribution is -2.49. The van der Waals surface area contributed by atoms with Crippen LogP contribution in [0.2, 0.25) is 0 Å². The second-order valence-electron chi connectivity index (χ2n) is 7.56. The molecule has 3 aromatic rings. The lowest BCUT2D eigenvalue weighted by atomic mass is 10.0. The molecule has 1 atom stereocenters. The summed E-state index contributed by atoms with van der Waals surface area (Å²) < 4.78 is 43.7. The lowest BCUT2D eigenvalue weighted by Gasteiger charge is -2.38. The number of carboxylic acid groups (broad SMARTS) is 1. The molecule has 0 spiro atoms. The molecule has 33 heavy (non-hydrogen) atoms. The molecule has 2 N–H and O–H groups in total. The van der Waals surface area contributed by atoms with Gasteiger partial charge in [0, 0.05) is 55.0 Å². The van der Waals surface area contributed by atoms with Crippen molar-refractivity contribution in [1.29, 1.82) is 5.26 Å². The van der Waals surface area contributed by atoms with E-state index in [1.54, 1.807) is 24.4 Å². The molecule has 0 bridgehead atoms. The zero-order valence-corrected chi connectivity index (χ0v) is 17.3. The fraction of sp³-hybridized carbons (Fsp3) is 0.318. The Morgan fingerprint density at radius 2 is 2.00 bits per heavy atom. The number of carbonyl (C=O) groups is 1. The monoisotopic (exact) mass is 459 g/mol. The van der Waals surface area contributed by atoms with Crippen LogP contribution in [0.5, 0.6) is 5.75 Å². The minimum Gasteiger partial charge on any atom is -0.480 e. The Labute approximate surface area is 186 Å². The van der Waals surface area contributed by atoms with Crippen molar-refractivity contribution >= 4 is 22.7 Å². The second kappa shape index (κ2) is 8.99. The van der Waals surface area contributed by atoms with Gasteiger partial charge in [0.2, 0.25) is 0 Å². The van der Waals surface area contributed by atoms with Gasteiger partial charge in [-0.25, -0.2) is 4.98 Å². The summed E-state index contributed by atoms with van der Waals surface area (Å²) in [6.07, 6.45) is -1.99. The van der Waals surface area contributed by atoms with Crippen LogP contribution >= 0.6 is 0 Å². The Kier molecular flexibility index (Phi) is 6.11. The Morgan fingerprint density at radius 1 is 1.24 bits per heavy atom. The number of carboxylic acids is 1. The summed E-state index contributed by atoms with van der Waals surface area (Å²) in [5.41, 5.74) is 0.502. The molecule has 172 valence electrons. The van der Waals surface area contributed by atoms with Crippen LogP contribution in [0, 0.1) is 11.3 Å². The van der Waals surface area contributed by atoms with E-state index in [9.17, 15) is 23.1 Å². The number of hydrogen-bond acceptors (Lipinski definition) is 6. The number of rotatable bonds is 6. The highest BCUT2D eigenvalue weighted by Crippen LogP contribution is 2.33. The number of aromatic amines is 1. The molecule has 1 saturated heterocycles. The van der Waals surface area contributed by atoms with Gasteiger partial charge in [0.05, 0.1) is 5.56 Å². The van der Waals surface area contributed by atoms with Crippen molar-refractivity contribution in [2.24, 2.45) is 0 Å².